The molecule has 3 aromatic rings. The predicted molar refractivity (Wildman–Crippen MR) is 81.6 cm³/mol. The molecule has 0 saturated heterocycles. The van der Waals surface area contributed by atoms with Crippen molar-refractivity contribution in [2.45, 2.75) is 33.7 Å². The van der Waals surface area contributed by atoms with E-state index in [2.05, 4.69) is 46.8 Å². The highest BCUT2D eigenvalue weighted by molar-refractivity contribution is 7.71. The minimum Gasteiger partial charge on any atom is -0.361 e. The van der Waals surface area contributed by atoms with E-state index in [0.717, 1.165) is 32.8 Å². The minimum atomic E-state index is 0.0873. The largest absolute Gasteiger partial charge is 0.361 e. The van der Waals surface area contributed by atoms with Crippen molar-refractivity contribution in [1.29, 1.82) is 0 Å². The fourth-order valence-electron chi connectivity index (χ4n) is 2.83. The van der Waals surface area contributed by atoms with Crippen molar-refractivity contribution in [2.24, 2.45) is 0 Å². The molecule has 3 rings (SSSR count). The summed E-state index contributed by atoms with van der Waals surface area (Å²) in [5.74, 6) is 0.846. The second kappa shape index (κ2) is 4.59. The molecular weight excluding hydrogens is 270 g/mol. The molecular formula is C15H17N3OS. The molecule has 0 aliphatic carbocycles. The van der Waals surface area contributed by atoms with Gasteiger partial charge in [-0.15, -0.1) is 0 Å². The average Bonchev–Trinajstić information content (AvgIpc) is 2.88. The van der Waals surface area contributed by atoms with Crippen LogP contribution in [0.1, 0.15) is 35.5 Å². The Bertz CT molecular complexity index is 821. The number of rotatable bonds is 2. The van der Waals surface area contributed by atoms with Gasteiger partial charge in [0.15, 0.2) is 4.77 Å². The van der Waals surface area contributed by atoms with Crippen LogP contribution in [-0.4, -0.2) is 14.7 Å². The van der Waals surface area contributed by atoms with Gasteiger partial charge < -0.3 is 14.1 Å². The number of imidazole rings is 1. The van der Waals surface area contributed by atoms with Crippen LogP contribution in [-0.2, 0) is 0 Å². The number of nitrogens with zero attached hydrogens (tertiary/aromatic N) is 2. The van der Waals surface area contributed by atoms with Gasteiger partial charge in [0.1, 0.15) is 5.76 Å². The van der Waals surface area contributed by atoms with E-state index < -0.39 is 0 Å². The number of H-pyrrole nitrogens is 1. The van der Waals surface area contributed by atoms with Crippen LogP contribution >= 0.6 is 12.2 Å². The summed E-state index contributed by atoms with van der Waals surface area (Å²) in [6.45, 7) is 8.11. The van der Waals surface area contributed by atoms with Gasteiger partial charge >= 0.3 is 0 Å². The quantitative estimate of drug-likeness (QED) is 0.718. The third-order valence-corrected chi connectivity index (χ3v) is 4.07. The molecule has 0 aliphatic rings. The normalized spacial score (nSPS) is 13.0. The Hall–Kier alpha value is -1.88. The van der Waals surface area contributed by atoms with E-state index in [4.69, 9.17) is 16.7 Å². The lowest BCUT2D eigenvalue weighted by Gasteiger charge is -2.14. The number of aryl methyl sites for hydroxylation is 3. The van der Waals surface area contributed by atoms with Gasteiger partial charge in [-0.25, -0.2) is 0 Å². The first-order chi connectivity index (χ1) is 9.49. The first kappa shape index (κ1) is 13.1. The summed E-state index contributed by atoms with van der Waals surface area (Å²) in [5.41, 5.74) is 5.40. The summed E-state index contributed by atoms with van der Waals surface area (Å²) in [4.78, 5) is 3.26. The first-order valence-electron chi connectivity index (χ1n) is 6.62. The number of nitrogens with one attached hydrogen (secondary N) is 1. The van der Waals surface area contributed by atoms with Crippen molar-refractivity contribution in [3.8, 4) is 0 Å². The van der Waals surface area contributed by atoms with Gasteiger partial charge in [-0.2, -0.15) is 0 Å². The lowest BCUT2D eigenvalue weighted by molar-refractivity contribution is 0.391. The highest BCUT2D eigenvalue weighted by atomic mass is 32.1. The number of aromatic amines is 1. The standard InChI is InChI=1S/C15H17N3OS/c1-8-5-6-12-13(7-8)18(15(20)16-12)10(3)14-9(2)17-19-11(14)4/h5-7,10H,1-4H3,(H,16,20). The fraction of sp³-hybridized carbons (Fsp3) is 0.333. The highest BCUT2D eigenvalue weighted by Crippen LogP contribution is 2.29. The van der Waals surface area contributed by atoms with E-state index in [0.29, 0.717) is 0 Å². The zero-order valence-corrected chi connectivity index (χ0v) is 12.8. The van der Waals surface area contributed by atoms with Gasteiger partial charge in [0.05, 0.1) is 22.8 Å². The molecule has 4 nitrogen and oxygen atoms in total. The van der Waals surface area contributed by atoms with Crippen molar-refractivity contribution >= 4 is 23.3 Å². The summed E-state index contributed by atoms with van der Waals surface area (Å²) in [5, 5.41) is 4.04. The maximum Gasteiger partial charge on any atom is 0.178 e. The molecule has 2 aromatic heterocycles. The van der Waals surface area contributed by atoms with E-state index in [9.17, 15) is 0 Å². The fourth-order valence-corrected chi connectivity index (χ4v) is 3.20. The molecule has 0 radical (unpaired) electrons. The maximum absolute atomic E-state index is 5.49. The molecule has 1 unspecified atom stereocenters. The second-order valence-electron chi connectivity index (χ2n) is 5.23. The molecule has 1 N–H and O–H groups in total. The lowest BCUT2D eigenvalue weighted by atomic mass is 10.1. The first-order valence-corrected chi connectivity index (χ1v) is 7.03. The van der Waals surface area contributed by atoms with Gasteiger partial charge in [-0.1, -0.05) is 11.2 Å². The smallest absolute Gasteiger partial charge is 0.178 e. The Kier molecular flexibility index (Phi) is 3.01. The predicted octanol–water partition coefficient (Wildman–Crippen LogP) is 4.22. The Morgan fingerprint density at radius 3 is 2.70 bits per heavy atom. The third-order valence-electron chi connectivity index (χ3n) is 3.77. The van der Waals surface area contributed by atoms with Gasteiger partial charge in [-0.3, -0.25) is 0 Å². The minimum absolute atomic E-state index is 0.0873. The zero-order valence-electron chi connectivity index (χ0n) is 12.0. The van der Waals surface area contributed by atoms with Gasteiger partial charge in [0, 0.05) is 5.56 Å². The van der Waals surface area contributed by atoms with E-state index in [-0.39, 0.29) is 6.04 Å². The van der Waals surface area contributed by atoms with Crippen LogP contribution in [0.15, 0.2) is 22.7 Å². The summed E-state index contributed by atoms with van der Waals surface area (Å²) >= 11 is 5.49. The van der Waals surface area contributed by atoms with E-state index in [1.165, 1.54) is 5.56 Å². The summed E-state index contributed by atoms with van der Waals surface area (Å²) in [7, 11) is 0. The molecule has 0 spiro atoms. The van der Waals surface area contributed by atoms with E-state index in [1.807, 2.05) is 13.8 Å². The Morgan fingerprint density at radius 2 is 2.05 bits per heavy atom. The molecule has 0 saturated carbocycles. The topological polar surface area (TPSA) is 46.8 Å². The number of hydrogen-bond acceptors (Lipinski definition) is 3. The van der Waals surface area contributed by atoms with Crippen molar-refractivity contribution in [2.75, 3.05) is 0 Å². The van der Waals surface area contributed by atoms with Crippen LogP contribution in [0, 0.1) is 25.5 Å². The molecule has 0 bridgehead atoms. The van der Waals surface area contributed by atoms with Crippen molar-refractivity contribution in [3.05, 3.63) is 45.6 Å². The van der Waals surface area contributed by atoms with Crippen molar-refractivity contribution < 1.29 is 4.52 Å². The van der Waals surface area contributed by atoms with Crippen molar-refractivity contribution in [3.63, 3.8) is 0 Å². The zero-order chi connectivity index (χ0) is 14.4. The van der Waals surface area contributed by atoms with Crippen molar-refractivity contribution in [1.82, 2.24) is 14.7 Å². The van der Waals surface area contributed by atoms with Crippen LogP contribution in [0.3, 0.4) is 0 Å². The monoisotopic (exact) mass is 287 g/mol. The molecule has 0 aliphatic heterocycles. The summed E-state index contributed by atoms with van der Waals surface area (Å²) in [6, 6.07) is 6.38. The lowest BCUT2D eigenvalue weighted by Crippen LogP contribution is -2.08. The molecule has 20 heavy (non-hydrogen) atoms. The molecule has 5 heteroatoms. The molecule has 0 amide bonds. The Balaban J connectivity index is 2.26. The number of fused-ring (bicyclic) bond motifs is 1. The number of aromatic nitrogens is 3. The van der Waals surface area contributed by atoms with Crippen LogP contribution in [0.4, 0.5) is 0 Å². The molecule has 104 valence electrons. The summed E-state index contributed by atoms with van der Waals surface area (Å²) in [6.07, 6.45) is 0. The van der Waals surface area contributed by atoms with E-state index in [1.54, 1.807) is 0 Å². The van der Waals surface area contributed by atoms with Crippen LogP contribution in [0.25, 0.3) is 11.0 Å². The van der Waals surface area contributed by atoms with Gasteiger partial charge in [-0.05, 0) is 57.6 Å². The highest BCUT2D eigenvalue weighted by Gasteiger charge is 2.20. The van der Waals surface area contributed by atoms with E-state index >= 15 is 0 Å². The van der Waals surface area contributed by atoms with Crippen LogP contribution in [0.2, 0.25) is 0 Å². The Morgan fingerprint density at radius 1 is 1.30 bits per heavy atom. The maximum atomic E-state index is 5.49. The molecule has 1 atom stereocenters. The van der Waals surface area contributed by atoms with Crippen LogP contribution < -0.4 is 0 Å². The summed E-state index contributed by atoms with van der Waals surface area (Å²) < 4.78 is 8.13. The third kappa shape index (κ3) is 1.89. The Labute approximate surface area is 122 Å². The molecule has 2 heterocycles. The SMILES string of the molecule is Cc1ccc2[nH]c(=S)n(C(C)c3c(C)noc3C)c2c1. The molecule has 1 aromatic carbocycles. The van der Waals surface area contributed by atoms with Gasteiger partial charge in [0.2, 0.25) is 0 Å². The number of benzene rings is 1. The second-order valence-corrected chi connectivity index (χ2v) is 5.62. The van der Waals surface area contributed by atoms with Gasteiger partial charge in [0.25, 0.3) is 0 Å². The average molecular weight is 287 g/mol. The van der Waals surface area contributed by atoms with Crippen LogP contribution in [0.5, 0.6) is 0 Å². The number of hydrogen-bond donors (Lipinski definition) is 1. The molecule has 0 fully saturated rings.